The highest BCUT2D eigenvalue weighted by Crippen LogP contribution is 2.54. The van der Waals surface area contributed by atoms with Crippen LogP contribution in [-0.4, -0.2) is 63.6 Å². The van der Waals surface area contributed by atoms with E-state index in [4.69, 9.17) is 23.2 Å². The highest BCUT2D eigenvalue weighted by Gasteiger charge is 2.58. The van der Waals surface area contributed by atoms with Crippen LogP contribution in [0, 0.1) is 11.2 Å². The van der Waals surface area contributed by atoms with Gasteiger partial charge in [0.1, 0.15) is 5.82 Å². The maximum Gasteiger partial charge on any atom is 0.232 e. The van der Waals surface area contributed by atoms with E-state index >= 15 is 0 Å². The van der Waals surface area contributed by atoms with Crippen molar-refractivity contribution in [2.45, 2.75) is 52.1 Å². The zero-order valence-corrected chi connectivity index (χ0v) is 25.4. The van der Waals surface area contributed by atoms with Crippen molar-refractivity contribution in [1.82, 2.24) is 19.7 Å². The summed E-state index contributed by atoms with van der Waals surface area (Å²) in [6, 6.07) is 9.31. The second kappa shape index (κ2) is 12.1. The lowest BCUT2D eigenvalue weighted by Crippen LogP contribution is -2.55. The molecular formula is C32H35Cl2FN4O3. The van der Waals surface area contributed by atoms with Gasteiger partial charge in [0.25, 0.3) is 0 Å². The number of piperazine rings is 1. The van der Waals surface area contributed by atoms with Crippen LogP contribution in [0.5, 0.6) is 0 Å². The fraction of sp³-hybridized carbons (Fsp3) is 0.406. The normalized spacial score (nSPS) is 20.9. The topological polar surface area (TPSA) is 76.7 Å². The summed E-state index contributed by atoms with van der Waals surface area (Å²) in [5.74, 6) is -0.822. The molecule has 222 valence electrons. The van der Waals surface area contributed by atoms with Crippen LogP contribution < -0.4 is 0 Å². The first-order valence-electron chi connectivity index (χ1n) is 14.3. The SMILES string of the molecule is C=C(C)C[C@@]1(C(=O)N2CCN(C(=O)CCC)CC2)CC(=O)N(Cc2ccc(Cl)c(F)c2)[C@H]1c1c[nH]c2cc(Cl)ccc12. The Hall–Kier alpha value is -3.36. The fourth-order valence-corrected chi connectivity index (χ4v) is 6.84. The summed E-state index contributed by atoms with van der Waals surface area (Å²) in [7, 11) is 0. The quantitative estimate of drug-likeness (QED) is 0.295. The van der Waals surface area contributed by atoms with Crippen LogP contribution in [0.3, 0.4) is 0 Å². The molecule has 0 saturated carbocycles. The van der Waals surface area contributed by atoms with Crippen molar-refractivity contribution in [1.29, 1.82) is 0 Å². The first kappa shape index (κ1) is 30.1. The third-order valence-corrected chi connectivity index (χ3v) is 8.90. The minimum absolute atomic E-state index is 0.0000711. The van der Waals surface area contributed by atoms with Crippen LogP contribution in [0.4, 0.5) is 4.39 Å². The summed E-state index contributed by atoms with van der Waals surface area (Å²) < 4.78 is 14.4. The number of carbonyl (C=O) groups excluding carboxylic acids is 3. The van der Waals surface area contributed by atoms with Crippen LogP contribution in [0.1, 0.15) is 56.7 Å². The lowest BCUT2D eigenvalue weighted by Gasteiger charge is -2.43. The number of allylic oxidation sites excluding steroid dienone is 1. The van der Waals surface area contributed by atoms with Gasteiger partial charge in [0.05, 0.1) is 16.5 Å². The lowest BCUT2D eigenvalue weighted by atomic mass is 9.71. The van der Waals surface area contributed by atoms with E-state index < -0.39 is 17.3 Å². The number of aromatic amines is 1. The molecule has 3 aromatic rings. The van der Waals surface area contributed by atoms with Crippen molar-refractivity contribution in [2.75, 3.05) is 26.2 Å². The van der Waals surface area contributed by atoms with E-state index in [1.165, 1.54) is 12.1 Å². The van der Waals surface area contributed by atoms with E-state index in [9.17, 15) is 18.8 Å². The van der Waals surface area contributed by atoms with Gasteiger partial charge < -0.3 is 19.7 Å². The molecule has 3 heterocycles. The second-order valence-corrected chi connectivity index (χ2v) is 12.3. The van der Waals surface area contributed by atoms with E-state index in [0.29, 0.717) is 49.6 Å². The van der Waals surface area contributed by atoms with Crippen LogP contribution >= 0.6 is 23.2 Å². The Kier molecular flexibility index (Phi) is 8.67. The number of H-pyrrole nitrogens is 1. The first-order chi connectivity index (χ1) is 20.0. The van der Waals surface area contributed by atoms with Crippen LogP contribution in [0.2, 0.25) is 10.0 Å². The summed E-state index contributed by atoms with van der Waals surface area (Å²) in [4.78, 5) is 49.7. The molecule has 42 heavy (non-hydrogen) atoms. The average molecular weight is 614 g/mol. The molecule has 0 aliphatic carbocycles. The van der Waals surface area contributed by atoms with Crippen LogP contribution in [0.15, 0.2) is 54.7 Å². The lowest BCUT2D eigenvalue weighted by molar-refractivity contribution is -0.148. The third kappa shape index (κ3) is 5.66. The molecule has 0 unspecified atom stereocenters. The van der Waals surface area contributed by atoms with Gasteiger partial charge in [-0.3, -0.25) is 14.4 Å². The summed E-state index contributed by atoms with van der Waals surface area (Å²) >= 11 is 12.2. The number of hydrogen-bond donors (Lipinski definition) is 1. The minimum atomic E-state index is -1.15. The predicted octanol–water partition coefficient (Wildman–Crippen LogP) is 6.51. The highest BCUT2D eigenvalue weighted by atomic mass is 35.5. The molecule has 2 atom stereocenters. The van der Waals surface area contributed by atoms with E-state index in [-0.39, 0.29) is 35.7 Å². The predicted molar refractivity (Wildman–Crippen MR) is 163 cm³/mol. The Labute approximate surface area is 255 Å². The van der Waals surface area contributed by atoms with Crippen LogP contribution in [0.25, 0.3) is 10.9 Å². The molecule has 2 aliphatic rings. The number of likely N-dealkylation sites (tertiary alicyclic amines) is 1. The summed E-state index contributed by atoms with van der Waals surface area (Å²) in [5.41, 5.74) is 1.76. The van der Waals surface area contributed by atoms with E-state index in [1.807, 2.05) is 32.2 Å². The number of nitrogens with zero attached hydrogens (tertiary/aromatic N) is 3. The average Bonchev–Trinajstić information content (AvgIpc) is 3.47. The maximum absolute atomic E-state index is 14.7. The Bertz CT molecular complexity index is 1550. The van der Waals surface area contributed by atoms with Gasteiger partial charge in [-0.15, -0.1) is 6.58 Å². The molecule has 0 bridgehead atoms. The number of fused-ring (bicyclic) bond motifs is 1. The smallest absolute Gasteiger partial charge is 0.232 e. The number of benzene rings is 2. The zero-order valence-electron chi connectivity index (χ0n) is 23.9. The molecule has 2 aromatic carbocycles. The molecule has 2 saturated heterocycles. The third-order valence-electron chi connectivity index (χ3n) is 8.36. The van der Waals surface area contributed by atoms with E-state index in [1.54, 1.807) is 26.8 Å². The van der Waals surface area contributed by atoms with Crippen LogP contribution in [-0.2, 0) is 20.9 Å². The van der Waals surface area contributed by atoms with Crippen molar-refractivity contribution >= 4 is 51.8 Å². The van der Waals surface area contributed by atoms with Gasteiger partial charge >= 0.3 is 0 Å². The van der Waals surface area contributed by atoms with Gasteiger partial charge in [-0.1, -0.05) is 47.8 Å². The molecule has 1 aromatic heterocycles. The van der Waals surface area contributed by atoms with Gasteiger partial charge in [0, 0.05) is 73.3 Å². The molecule has 5 rings (SSSR count). The maximum atomic E-state index is 14.7. The first-order valence-corrected chi connectivity index (χ1v) is 15.0. The molecule has 0 spiro atoms. The Morgan fingerprint density at radius 2 is 1.81 bits per heavy atom. The van der Waals surface area contributed by atoms with Crippen molar-refractivity contribution in [3.05, 3.63) is 81.7 Å². The molecule has 0 radical (unpaired) electrons. The van der Waals surface area contributed by atoms with E-state index in [0.717, 1.165) is 28.5 Å². The number of hydrogen-bond acceptors (Lipinski definition) is 3. The van der Waals surface area contributed by atoms with Gasteiger partial charge in [0.2, 0.25) is 17.7 Å². The number of halogens is 3. The summed E-state index contributed by atoms with van der Waals surface area (Å²) in [6.07, 6.45) is 3.36. The van der Waals surface area contributed by atoms with Gasteiger partial charge in [-0.25, -0.2) is 4.39 Å². The molecule has 2 fully saturated rings. The molecular weight excluding hydrogens is 578 g/mol. The number of rotatable bonds is 8. The van der Waals surface area contributed by atoms with E-state index in [2.05, 4.69) is 11.6 Å². The Balaban J connectivity index is 1.58. The number of aromatic nitrogens is 1. The van der Waals surface area contributed by atoms with Crippen molar-refractivity contribution < 1.29 is 18.8 Å². The Morgan fingerprint density at radius 3 is 2.48 bits per heavy atom. The zero-order chi connectivity index (χ0) is 30.2. The largest absolute Gasteiger partial charge is 0.361 e. The van der Waals surface area contributed by atoms with Crippen molar-refractivity contribution in [2.24, 2.45) is 5.41 Å². The van der Waals surface area contributed by atoms with Gasteiger partial charge in [0.15, 0.2) is 0 Å². The van der Waals surface area contributed by atoms with Gasteiger partial charge in [-0.05, 0) is 49.6 Å². The summed E-state index contributed by atoms with van der Waals surface area (Å²) in [5, 5.41) is 1.41. The van der Waals surface area contributed by atoms with Crippen molar-refractivity contribution in [3.63, 3.8) is 0 Å². The minimum Gasteiger partial charge on any atom is -0.361 e. The standard InChI is InChI=1S/C32H35Cl2FN4O3/c1-4-5-28(40)37-10-12-38(13-11-37)31(42)32(16-20(2)3)17-29(41)39(19-21-6-9-25(34)26(35)14-21)30(32)24-18-36-27-15-22(33)7-8-23(24)27/h6-9,14-15,18,30,36H,2,4-5,10-13,16-17,19H2,1,3H3/t30-,32+/m0/s1. The highest BCUT2D eigenvalue weighted by molar-refractivity contribution is 6.31. The second-order valence-electron chi connectivity index (χ2n) is 11.5. The number of amides is 3. The molecule has 1 N–H and O–H groups in total. The monoisotopic (exact) mass is 612 g/mol. The molecule has 2 aliphatic heterocycles. The fourth-order valence-electron chi connectivity index (χ4n) is 6.55. The Morgan fingerprint density at radius 1 is 1.10 bits per heavy atom. The van der Waals surface area contributed by atoms with Gasteiger partial charge in [-0.2, -0.15) is 0 Å². The summed E-state index contributed by atoms with van der Waals surface area (Å²) in [6.45, 7) is 9.76. The molecule has 10 heteroatoms. The molecule has 7 nitrogen and oxygen atoms in total. The number of nitrogens with one attached hydrogen (secondary N) is 1. The molecule has 3 amide bonds. The number of carbonyl (C=O) groups is 3. The van der Waals surface area contributed by atoms with Crippen molar-refractivity contribution in [3.8, 4) is 0 Å².